The number of unbranched alkanes of at least 4 members (excludes halogenated alkanes) is 6. The van der Waals surface area contributed by atoms with Crippen LogP contribution in [0, 0.1) is 5.92 Å². The highest BCUT2D eigenvalue weighted by Crippen LogP contribution is 2.44. The third-order valence-electron chi connectivity index (χ3n) is 12.1. The summed E-state index contributed by atoms with van der Waals surface area (Å²) in [5.74, 6) is 0.577. The van der Waals surface area contributed by atoms with Crippen molar-refractivity contribution < 1.29 is 29.3 Å². The van der Waals surface area contributed by atoms with Crippen molar-refractivity contribution in [3.8, 4) is 32.6 Å². The van der Waals surface area contributed by atoms with Crippen molar-refractivity contribution in [1.82, 2.24) is 9.97 Å². The summed E-state index contributed by atoms with van der Waals surface area (Å²) in [7, 11) is 0. The molecule has 2 aromatic heterocycles. The molecule has 8 nitrogen and oxygen atoms in total. The molecule has 6 rings (SSSR count). The summed E-state index contributed by atoms with van der Waals surface area (Å²) in [6.07, 6.45) is 13.2. The van der Waals surface area contributed by atoms with E-state index in [4.69, 9.17) is 42.6 Å². The number of thiazole rings is 2. The van der Waals surface area contributed by atoms with Crippen molar-refractivity contribution in [3.63, 3.8) is 0 Å². The van der Waals surface area contributed by atoms with E-state index in [0.717, 1.165) is 84.8 Å². The van der Waals surface area contributed by atoms with Gasteiger partial charge in [-0.2, -0.15) is 0 Å². The molecule has 0 spiro atoms. The zero-order valence-electron chi connectivity index (χ0n) is 41.7. The summed E-state index contributed by atoms with van der Waals surface area (Å²) in [6, 6.07) is 19.2. The zero-order valence-corrected chi connectivity index (χ0v) is 44.8. The lowest BCUT2D eigenvalue weighted by atomic mass is 9.83. The number of halogens is 2. The Bertz CT molecular complexity index is 2610. The minimum atomic E-state index is -0.261. The van der Waals surface area contributed by atoms with Gasteiger partial charge in [-0.15, -0.1) is 22.7 Å². The molecule has 2 heterocycles. The maximum Gasteiger partial charge on any atom is 0.306 e. The van der Waals surface area contributed by atoms with Crippen molar-refractivity contribution in [1.29, 1.82) is 0 Å². The van der Waals surface area contributed by atoms with Gasteiger partial charge in [0.1, 0.15) is 21.5 Å². The Hall–Kier alpha value is -4.22. The van der Waals surface area contributed by atoms with E-state index in [0.29, 0.717) is 66.0 Å². The molecule has 0 bridgehead atoms. The zero-order chi connectivity index (χ0) is 49.6. The predicted octanol–water partition coefficient (Wildman–Crippen LogP) is 16.8. The van der Waals surface area contributed by atoms with Crippen LogP contribution >= 0.6 is 45.9 Å². The lowest BCUT2D eigenvalue weighted by Crippen LogP contribution is -2.15. The highest BCUT2D eigenvalue weighted by atomic mass is 35.5. The van der Waals surface area contributed by atoms with E-state index in [9.17, 15) is 19.8 Å². The van der Waals surface area contributed by atoms with Crippen LogP contribution in [-0.2, 0) is 42.7 Å². The third kappa shape index (κ3) is 15.9. The standard InChI is InChI=1S/2C28H36ClNO3S/c1-6-8-9-18(7-2)17-33-25(31)13-10-19-14-21(26(32)22(15-19)28(3,4)5)27-30-23-16-20(29)11-12-24(23)34-27;1-5-6-7-8-9-10-15-33-25(31)14-11-19-16-21(26(32)22(17-19)28(2,3)4)27-30-23-18-20(29)12-13-24(23)34-27/h11-12,14-16,18,32H,6-10,13,17H2,1-5H3;12-13,16-18,32H,5-11,14-15H2,1-4H3. The largest absolute Gasteiger partial charge is 0.507 e. The first-order valence-electron chi connectivity index (χ1n) is 24.5. The molecule has 1 atom stereocenters. The van der Waals surface area contributed by atoms with E-state index in [1.807, 2.05) is 60.7 Å². The summed E-state index contributed by atoms with van der Waals surface area (Å²) in [5, 5.41) is 25.0. The molecule has 4 aromatic carbocycles. The van der Waals surface area contributed by atoms with Crippen LogP contribution in [0.15, 0.2) is 60.7 Å². The van der Waals surface area contributed by atoms with Crippen molar-refractivity contribution in [2.45, 2.75) is 163 Å². The number of aromatic nitrogens is 2. The summed E-state index contributed by atoms with van der Waals surface area (Å²) < 4.78 is 13.1. The Balaban J connectivity index is 0.000000254. The van der Waals surface area contributed by atoms with Crippen LogP contribution in [-0.4, -0.2) is 45.3 Å². The van der Waals surface area contributed by atoms with E-state index < -0.39 is 0 Å². The second kappa shape index (κ2) is 25.6. The fourth-order valence-corrected chi connectivity index (χ4v) is 10.3. The number of rotatable bonds is 21. The molecule has 0 fully saturated rings. The predicted molar refractivity (Wildman–Crippen MR) is 286 cm³/mol. The van der Waals surface area contributed by atoms with Crippen LogP contribution < -0.4 is 0 Å². The Morgan fingerprint density at radius 1 is 0.618 bits per heavy atom. The van der Waals surface area contributed by atoms with Gasteiger partial charge in [-0.05, 0) is 102 Å². The summed E-state index contributed by atoms with van der Waals surface area (Å²) in [5.41, 5.74) is 6.17. The average molecular weight is 1000 g/mol. The number of esters is 2. The number of phenolic OH excluding ortho intramolecular Hbond substituents is 2. The first-order valence-corrected chi connectivity index (χ1v) is 26.9. The van der Waals surface area contributed by atoms with Crippen LogP contribution in [0.5, 0.6) is 11.5 Å². The lowest BCUT2D eigenvalue weighted by molar-refractivity contribution is -0.145. The molecule has 0 aliphatic heterocycles. The maximum atomic E-state index is 12.5. The van der Waals surface area contributed by atoms with E-state index in [1.54, 1.807) is 0 Å². The van der Waals surface area contributed by atoms with Crippen molar-refractivity contribution >= 4 is 78.2 Å². The Kier molecular flexibility index (Phi) is 20.6. The molecule has 0 amide bonds. The smallest absolute Gasteiger partial charge is 0.306 e. The highest BCUT2D eigenvalue weighted by molar-refractivity contribution is 7.22. The quantitative estimate of drug-likeness (QED) is 0.0541. The molecule has 6 aromatic rings. The third-order valence-corrected chi connectivity index (χ3v) is 14.7. The van der Waals surface area contributed by atoms with Gasteiger partial charge in [0.2, 0.25) is 0 Å². The number of aryl methyl sites for hydroxylation is 2. The van der Waals surface area contributed by atoms with Gasteiger partial charge in [-0.3, -0.25) is 9.59 Å². The molecular formula is C56H72Cl2N2O6S2. The summed E-state index contributed by atoms with van der Waals surface area (Å²) in [4.78, 5) is 34.2. The highest BCUT2D eigenvalue weighted by Gasteiger charge is 2.26. The van der Waals surface area contributed by atoms with Gasteiger partial charge in [-0.25, -0.2) is 9.97 Å². The first-order chi connectivity index (χ1) is 32.3. The van der Waals surface area contributed by atoms with Crippen LogP contribution in [0.3, 0.4) is 0 Å². The van der Waals surface area contributed by atoms with Crippen molar-refractivity contribution in [3.05, 3.63) is 93.0 Å². The van der Waals surface area contributed by atoms with Gasteiger partial charge in [0.25, 0.3) is 0 Å². The molecule has 1 unspecified atom stereocenters. The Morgan fingerprint density at radius 2 is 1.07 bits per heavy atom. The molecule has 0 saturated carbocycles. The number of fused-ring (bicyclic) bond motifs is 2. The first kappa shape index (κ1) is 54.7. The second-order valence-corrected chi connectivity index (χ2v) is 22.9. The normalized spacial score (nSPS) is 12.3. The monoisotopic (exact) mass is 1000 g/mol. The number of carbonyl (C=O) groups excluding carboxylic acids is 2. The molecule has 0 radical (unpaired) electrons. The van der Waals surface area contributed by atoms with Crippen molar-refractivity contribution in [2.75, 3.05) is 13.2 Å². The van der Waals surface area contributed by atoms with E-state index in [1.165, 1.54) is 54.8 Å². The number of nitrogens with zero attached hydrogens (tertiary/aromatic N) is 2. The molecule has 12 heteroatoms. The molecule has 0 aliphatic rings. The number of hydrogen-bond donors (Lipinski definition) is 2. The molecule has 2 N–H and O–H groups in total. The van der Waals surface area contributed by atoms with Crippen LogP contribution in [0.1, 0.15) is 162 Å². The van der Waals surface area contributed by atoms with Gasteiger partial charge in [0.15, 0.2) is 0 Å². The fraction of sp³-hybridized carbons (Fsp3) is 0.500. The van der Waals surface area contributed by atoms with Gasteiger partial charge < -0.3 is 19.7 Å². The number of aromatic hydroxyl groups is 2. The molecule has 68 heavy (non-hydrogen) atoms. The van der Waals surface area contributed by atoms with Crippen molar-refractivity contribution in [2.24, 2.45) is 5.92 Å². The van der Waals surface area contributed by atoms with Crippen LogP contribution in [0.2, 0.25) is 10.0 Å². The van der Waals surface area contributed by atoms with Gasteiger partial charge in [0.05, 0.1) is 44.8 Å². The summed E-state index contributed by atoms with van der Waals surface area (Å²) >= 11 is 15.3. The fourth-order valence-electron chi connectivity index (χ4n) is 7.99. The SMILES string of the molecule is CCCCC(CC)COC(=O)CCc1cc(-c2nc3cc(Cl)ccc3s2)c(O)c(C(C)(C)C)c1.CCCCCCCCOC(=O)CCc1cc(-c2nc3cc(Cl)ccc3s2)c(O)c(C(C)(C)C)c1. The van der Waals surface area contributed by atoms with Crippen LogP contribution in [0.25, 0.3) is 41.6 Å². The second-order valence-electron chi connectivity index (χ2n) is 19.9. The Labute approximate surface area is 422 Å². The summed E-state index contributed by atoms with van der Waals surface area (Å²) in [6.45, 7) is 20.0. The number of ether oxygens (including phenoxy) is 2. The lowest BCUT2D eigenvalue weighted by Gasteiger charge is -2.23. The van der Waals surface area contributed by atoms with Gasteiger partial charge >= 0.3 is 11.9 Å². The molecule has 368 valence electrons. The van der Waals surface area contributed by atoms with E-state index in [2.05, 4.69) is 62.3 Å². The Morgan fingerprint density at radius 3 is 1.53 bits per heavy atom. The van der Waals surface area contributed by atoms with Gasteiger partial charge in [0, 0.05) is 34.0 Å². The minimum absolute atomic E-state index is 0.170. The molecule has 0 aliphatic carbocycles. The molecular weight excluding hydrogens is 932 g/mol. The maximum absolute atomic E-state index is 12.5. The number of benzene rings is 4. The number of phenols is 2. The number of hydrogen-bond acceptors (Lipinski definition) is 10. The van der Waals surface area contributed by atoms with Crippen LogP contribution in [0.4, 0.5) is 0 Å². The average Bonchev–Trinajstić information content (AvgIpc) is 3.91. The topological polar surface area (TPSA) is 119 Å². The van der Waals surface area contributed by atoms with E-state index >= 15 is 0 Å². The van der Waals surface area contributed by atoms with Gasteiger partial charge in [-0.1, -0.05) is 149 Å². The number of carbonyl (C=O) groups is 2. The molecule has 0 saturated heterocycles. The minimum Gasteiger partial charge on any atom is -0.507 e. The van der Waals surface area contributed by atoms with E-state index in [-0.39, 0.29) is 34.3 Å².